The first-order valence-corrected chi connectivity index (χ1v) is 11.3. The number of nitrogens with zero attached hydrogens (tertiary/aromatic N) is 3. The Bertz CT molecular complexity index is 933. The number of hydrogen-bond donors (Lipinski definition) is 0. The van der Waals surface area contributed by atoms with E-state index in [9.17, 15) is 13.2 Å². The van der Waals surface area contributed by atoms with Crippen LogP contribution in [-0.2, 0) is 16.6 Å². The third kappa shape index (κ3) is 5.23. The lowest BCUT2D eigenvalue weighted by molar-refractivity contribution is 0.0753. The van der Waals surface area contributed by atoms with E-state index in [1.54, 1.807) is 30.6 Å². The summed E-state index contributed by atoms with van der Waals surface area (Å²) in [4.78, 5) is 18.6. The van der Waals surface area contributed by atoms with Crippen molar-refractivity contribution in [1.82, 2.24) is 14.2 Å². The minimum Gasteiger partial charge on any atom is -0.333 e. The monoisotopic (exact) mass is 441 g/mol. The van der Waals surface area contributed by atoms with Gasteiger partial charge in [0.2, 0.25) is 10.0 Å². The van der Waals surface area contributed by atoms with Crippen LogP contribution in [0.25, 0.3) is 0 Å². The number of halogens is 2. The SMILES string of the molecule is O=C(c1ccc(Cl)cc1Cl)N(CCS(=O)(=O)N1CCCC1)Cc1cccnc1. The van der Waals surface area contributed by atoms with Crippen LogP contribution >= 0.6 is 23.2 Å². The molecule has 1 aliphatic heterocycles. The van der Waals surface area contributed by atoms with Gasteiger partial charge in [-0.2, -0.15) is 0 Å². The Kier molecular flexibility index (Phi) is 6.93. The highest BCUT2D eigenvalue weighted by Gasteiger charge is 2.27. The van der Waals surface area contributed by atoms with Crippen molar-refractivity contribution in [2.45, 2.75) is 19.4 Å². The van der Waals surface area contributed by atoms with Crippen molar-refractivity contribution < 1.29 is 13.2 Å². The van der Waals surface area contributed by atoms with Gasteiger partial charge < -0.3 is 4.90 Å². The molecule has 1 fully saturated rings. The molecular formula is C19H21Cl2N3O3S. The zero-order valence-corrected chi connectivity index (χ0v) is 17.6. The number of rotatable bonds is 7. The molecule has 9 heteroatoms. The molecule has 1 aliphatic rings. The number of hydrogen-bond acceptors (Lipinski definition) is 4. The zero-order chi connectivity index (χ0) is 20.1. The summed E-state index contributed by atoms with van der Waals surface area (Å²) in [6.07, 6.45) is 5.04. The van der Waals surface area contributed by atoms with E-state index in [0.717, 1.165) is 18.4 Å². The van der Waals surface area contributed by atoms with Gasteiger partial charge in [0.15, 0.2) is 0 Å². The Morgan fingerprint density at radius 3 is 2.57 bits per heavy atom. The largest absolute Gasteiger partial charge is 0.333 e. The summed E-state index contributed by atoms with van der Waals surface area (Å²) in [6, 6.07) is 8.25. The van der Waals surface area contributed by atoms with Gasteiger partial charge in [0.25, 0.3) is 5.91 Å². The number of aromatic nitrogens is 1. The smallest absolute Gasteiger partial charge is 0.255 e. The summed E-state index contributed by atoms with van der Waals surface area (Å²) >= 11 is 12.1. The molecule has 1 saturated heterocycles. The van der Waals surface area contributed by atoms with Gasteiger partial charge in [0.05, 0.1) is 16.3 Å². The second kappa shape index (κ2) is 9.22. The van der Waals surface area contributed by atoms with Crippen LogP contribution in [0, 0.1) is 0 Å². The van der Waals surface area contributed by atoms with E-state index in [-0.39, 0.29) is 35.3 Å². The van der Waals surface area contributed by atoms with Crippen LogP contribution in [-0.4, -0.2) is 53.9 Å². The van der Waals surface area contributed by atoms with Gasteiger partial charge in [0.1, 0.15) is 0 Å². The molecule has 0 bridgehead atoms. The van der Waals surface area contributed by atoms with Crippen molar-refractivity contribution in [3.63, 3.8) is 0 Å². The second-order valence-corrected chi connectivity index (χ2v) is 9.57. The molecule has 2 aromatic rings. The maximum Gasteiger partial charge on any atom is 0.255 e. The number of sulfonamides is 1. The normalized spacial score (nSPS) is 14.9. The summed E-state index contributed by atoms with van der Waals surface area (Å²) in [5.41, 5.74) is 1.09. The molecular weight excluding hydrogens is 421 g/mol. The molecule has 3 rings (SSSR count). The molecule has 0 N–H and O–H groups in total. The molecule has 0 atom stereocenters. The molecule has 6 nitrogen and oxygen atoms in total. The Morgan fingerprint density at radius 1 is 1.18 bits per heavy atom. The lowest BCUT2D eigenvalue weighted by Gasteiger charge is -2.25. The molecule has 150 valence electrons. The van der Waals surface area contributed by atoms with Crippen molar-refractivity contribution in [3.05, 3.63) is 63.9 Å². The third-order valence-electron chi connectivity index (χ3n) is 4.62. The van der Waals surface area contributed by atoms with Crippen molar-refractivity contribution in [1.29, 1.82) is 0 Å². The molecule has 0 unspecified atom stereocenters. The molecule has 0 aliphatic carbocycles. The highest BCUT2D eigenvalue weighted by molar-refractivity contribution is 7.89. The van der Waals surface area contributed by atoms with Gasteiger partial charge in [-0.05, 0) is 42.7 Å². The lowest BCUT2D eigenvalue weighted by Crippen LogP contribution is -2.39. The van der Waals surface area contributed by atoms with Gasteiger partial charge in [0, 0.05) is 43.6 Å². The Morgan fingerprint density at radius 2 is 1.93 bits per heavy atom. The molecule has 28 heavy (non-hydrogen) atoms. The molecule has 0 spiro atoms. The van der Waals surface area contributed by atoms with Crippen molar-refractivity contribution >= 4 is 39.1 Å². The van der Waals surface area contributed by atoms with E-state index < -0.39 is 10.0 Å². The first-order valence-electron chi connectivity index (χ1n) is 8.98. The maximum absolute atomic E-state index is 13.1. The van der Waals surface area contributed by atoms with E-state index in [4.69, 9.17) is 23.2 Å². The standard InChI is InChI=1S/C19H21Cl2N3O3S/c20-16-5-6-17(18(21)12-16)19(25)23(14-15-4-3-7-22-13-15)10-11-28(26,27)24-8-1-2-9-24/h3-7,12-13H,1-2,8-11,14H2. The lowest BCUT2D eigenvalue weighted by atomic mass is 10.1. The van der Waals surface area contributed by atoms with E-state index >= 15 is 0 Å². The number of benzene rings is 1. The van der Waals surface area contributed by atoms with Gasteiger partial charge in [-0.25, -0.2) is 12.7 Å². The van der Waals surface area contributed by atoms with Crippen LogP contribution in [0.3, 0.4) is 0 Å². The maximum atomic E-state index is 13.1. The average molecular weight is 442 g/mol. The summed E-state index contributed by atoms with van der Waals surface area (Å²) in [7, 11) is -3.41. The second-order valence-electron chi connectivity index (χ2n) is 6.63. The van der Waals surface area contributed by atoms with E-state index in [2.05, 4.69) is 4.98 Å². The fourth-order valence-corrected chi connectivity index (χ4v) is 5.13. The van der Waals surface area contributed by atoms with Crippen LogP contribution in [0.15, 0.2) is 42.7 Å². The minimum atomic E-state index is -3.41. The molecule has 1 aromatic carbocycles. The summed E-state index contributed by atoms with van der Waals surface area (Å²) < 4.78 is 26.7. The quantitative estimate of drug-likeness (QED) is 0.659. The van der Waals surface area contributed by atoms with E-state index in [1.165, 1.54) is 15.3 Å². The Balaban J connectivity index is 1.81. The van der Waals surface area contributed by atoms with E-state index in [0.29, 0.717) is 18.1 Å². The van der Waals surface area contributed by atoms with Gasteiger partial charge in [-0.15, -0.1) is 0 Å². The predicted molar refractivity (Wildman–Crippen MR) is 110 cm³/mol. The summed E-state index contributed by atoms with van der Waals surface area (Å²) in [6.45, 7) is 1.39. The number of carbonyl (C=O) groups is 1. The van der Waals surface area contributed by atoms with E-state index in [1.807, 2.05) is 6.07 Å². The zero-order valence-electron chi connectivity index (χ0n) is 15.2. The minimum absolute atomic E-state index is 0.0610. The predicted octanol–water partition coefficient (Wildman–Crippen LogP) is 3.46. The van der Waals surface area contributed by atoms with Crippen LogP contribution in [0.1, 0.15) is 28.8 Å². The number of pyridine rings is 1. The first kappa shape index (κ1) is 21.0. The van der Waals surface area contributed by atoms with Crippen molar-refractivity contribution in [3.8, 4) is 0 Å². The average Bonchev–Trinajstić information content (AvgIpc) is 3.21. The Labute approximate surface area is 175 Å². The highest BCUT2D eigenvalue weighted by atomic mass is 35.5. The molecule has 2 heterocycles. The van der Waals surface area contributed by atoms with Crippen LogP contribution in [0.5, 0.6) is 0 Å². The summed E-state index contributed by atoms with van der Waals surface area (Å²) in [5, 5.41) is 0.660. The Hall–Kier alpha value is -1.67. The first-order chi connectivity index (χ1) is 13.4. The summed E-state index contributed by atoms with van der Waals surface area (Å²) in [5.74, 6) is -0.480. The van der Waals surface area contributed by atoms with Gasteiger partial charge in [-0.1, -0.05) is 29.3 Å². The van der Waals surface area contributed by atoms with Crippen LogP contribution in [0.2, 0.25) is 10.0 Å². The molecule has 0 radical (unpaired) electrons. The van der Waals surface area contributed by atoms with Gasteiger partial charge in [-0.3, -0.25) is 9.78 Å². The molecule has 1 amide bonds. The molecule has 0 saturated carbocycles. The highest BCUT2D eigenvalue weighted by Crippen LogP contribution is 2.23. The van der Waals surface area contributed by atoms with Gasteiger partial charge >= 0.3 is 0 Å². The topological polar surface area (TPSA) is 70.6 Å². The fraction of sp³-hybridized carbons (Fsp3) is 0.368. The number of amides is 1. The molecule has 1 aromatic heterocycles. The van der Waals surface area contributed by atoms with Crippen molar-refractivity contribution in [2.24, 2.45) is 0 Å². The number of carbonyl (C=O) groups excluding carboxylic acids is 1. The van der Waals surface area contributed by atoms with Crippen LogP contribution < -0.4 is 0 Å². The van der Waals surface area contributed by atoms with Crippen LogP contribution in [0.4, 0.5) is 0 Å². The van der Waals surface area contributed by atoms with Crippen molar-refractivity contribution in [2.75, 3.05) is 25.4 Å². The third-order valence-corrected chi connectivity index (χ3v) is 7.02. The fourth-order valence-electron chi connectivity index (χ4n) is 3.12.